The standard InChI is InChI=1S/C36H43N3O6/c1-5-42-33(40)20-27-10-6-7-12-32(27)43-23-30-24-44-34-29(18-28(19-31(30)34)26-11-8-9-25(17-26)21-37)22-38-13-15-39(16-14-38)35(41)45-36(2,3)4/h6-12,17-19,24H,5,13-16,20-23,37H2,1-4H3. The summed E-state index contributed by atoms with van der Waals surface area (Å²) in [5, 5.41) is 0.968. The number of para-hydroxylation sites is 1. The van der Waals surface area contributed by atoms with Crippen LogP contribution in [0.1, 0.15) is 49.9 Å². The Morgan fingerprint density at radius 3 is 2.42 bits per heavy atom. The maximum absolute atomic E-state index is 12.6. The second-order valence-electron chi connectivity index (χ2n) is 12.3. The molecule has 45 heavy (non-hydrogen) atoms. The molecular formula is C36H43N3O6. The van der Waals surface area contributed by atoms with Gasteiger partial charge in [0, 0.05) is 61.3 Å². The molecule has 4 aromatic rings. The molecule has 1 aliphatic heterocycles. The minimum absolute atomic E-state index is 0.142. The average Bonchev–Trinajstić information content (AvgIpc) is 3.43. The maximum atomic E-state index is 12.6. The minimum atomic E-state index is -0.523. The van der Waals surface area contributed by atoms with Crippen molar-refractivity contribution in [3.05, 3.63) is 89.2 Å². The highest BCUT2D eigenvalue weighted by Crippen LogP contribution is 2.33. The summed E-state index contributed by atoms with van der Waals surface area (Å²) in [4.78, 5) is 28.9. The Hall–Kier alpha value is -4.34. The third kappa shape index (κ3) is 8.23. The van der Waals surface area contributed by atoms with E-state index in [0.29, 0.717) is 38.5 Å². The number of hydrogen-bond acceptors (Lipinski definition) is 8. The number of rotatable bonds is 10. The number of fused-ring (bicyclic) bond motifs is 1. The Bertz CT molecular complexity index is 1630. The topological polar surface area (TPSA) is 107 Å². The lowest BCUT2D eigenvalue weighted by atomic mass is 9.97. The molecule has 5 rings (SSSR count). The zero-order chi connectivity index (χ0) is 32.0. The second-order valence-corrected chi connectivity index (χ2v) is 12.3. The molecule has 0 aliphatic carbocycles. The van der Waals surface area contributed by atoms with E-state index in [9.17, 15) is 9.59 Å². The van der Waals surface area contributed by atoms with E-state index in [1.807, 2.05) is 57.2 Å². The lowest BCUT2D eigenvalue weighted by Crippen LogP contribution is -2.49. The number of carbonyl (C=O) groups is 2. The zero-order valence-electron chi connectivity index (χ0n) is 26.6. The number of esters is 1. The first-order valence-electron chi connectivity index (χ1n) is 15.5. The lowest BCUT2D eigenvalue weighted by Gasteiger charge is -2.35. The van der Waals surface area contributed by atoms with Gasteiger partial charge in [-0.05, 0) is 68.7 Å². The Labute approximate surface area is 264 Å². The summed E-state index contributed by atoms with van der Waals surface area (Å²) < 4.78 is 23.2. The van der Waals surface area contributed by atoms with Crippen LogP contribution in [0.3, 0.4) is 0 Å². The SMILES string of the molecule is CCOC(=O)Cc1ccccc1OCc1coc2c(CN3CCN(C(=O)OC(C)(C)C)CC3)cc(-c3cccc(CN)c3)cc12. The molecule has 0 radical (unpaired) electrons. The molecule has 0 saturated carbocycles. The molecule has 0 spiro atoms. The Balaban J connectivity index is 1.40. The van der Waals surface area contributed by atoms with Gasteiger partial charge in [0.1, 0.15) is 23.5 Å². The number of piperazine rings is 1. The van der Waals surface area contributed by atoms with Crippen molar-refractivity contribution in [1.82, 2.24) is 9.80 Å². The van der Waals surface area contributed by atoms with Gasteiger partial charge in [-0.1, -0.05) is 36.4 Å². The van der Waals surface area contributed by atoms with Crippen LogP contribution in [-0.2, 0) is 40.4 Å². The van der Waals surface area contributed by atoms with Crippen LogP contribution in [0.4, 0.5) is 4.79 Å². The molecule has 1 aliphatic rings. The average molecular weight is 614 g/mol. The van der Waals surface area contributed by atoms with Crippen molar-refractivity contribution in [2.24, 2.45) is 5.73 Å². The van der Waals surface area contributed by atoms with Crippen molar-refractivity contribution in [1.29, 1.82) is 0 Å². The van der Waals surface area contributed by atoms with E-state index in [0.717, 1.165) is 57.4 Å². The highest BCUT2D eigenvalue weighted by molar-refractivity contribution is 5.89. The minimum Gasteiger partial charge on any atom is -0.488 e. The van der Waals surface area contributed by atoms with Gasteiger partial charge in [0.2, 0.25) is 0 Å². The number of furan rings is 1. The van der Waals surface area contributed by atoms with E-state index in [4.69, 9.17) is 24.4 Å². The fourth-order valence-electron chi connectivity index (χ4n) is 5.50. The van der Waals surface area contributed by atoms with Gasteiger partial charge in [0.05, 0.1) is 19.3 Å². The molecule has 9 nitrogen and oxygen atoms in total. The van der Waals surface area contributed by atoms with Crippen LogP contribution in [0.15, 0.2) is 71.3 Å². The van der Waals surface area contributed by atoms with Crippen LogP contribution >= 0.6 is 0 Å². The molecule has 0 bridgehead atoms. The van der Waals surface area contributed by atoms with Crippen molar-refractivity contribution in [2.45, 2.75) is 59.4 Å². The highest BCUT2D eigenvalue weighted by Gasteiger charge is 2.26. The lowest BCUT2D eigenvalue weighted by molar-refractivity contribution is -0.142. The largest absolute Gasteiger partial charge is 0.488 e. The van der Waals surface area contributed by atoms with Gasteiger partial charge in [-0.3, -0.25) is 9.69 Å². The van der Waals surface area contributed by atoms with Crippen molar-refractivity contribution in [3.8, 4) is 16.9 Å². The van der Waals surface area contributed by atoms with Gasteiger partial charge in [0.25, 0.3) is 0 Å². The molecule has 9 heteroatoms. The summed E-state index contributed by atoms with van der Waals surface area (Å²) in [6.07, 6.45) is 1.62. The fraction of sp³-hybridized carbons (Fsp3) is 0.389. The summed E-state index contributed by atoms with van der Waals surface area (Å²) >= 11 is 0. The maximum Gasteiger partial charge on any atom is 0.410 e. The molecule has 238 valence electrons. The van der Waals surface area contributed by atoms with Crippen molar-refractivity contribution >= 4 is 23.0 Å². The third-order valence-electron chi connectivity index (χ3n) is 7.74. The van der Waals surface area contributed by atoms with Crippen LogP contribution in [0.2, 0.25) is 0 Å². The van der Waals surface area contributed by atoms with Crippen LogP contribution in [0, 0.1) is 0 Å². The fourth-order valence-corrected chi connectivity index (χ4v) is 5.50. The second kappa shape index (κ2) is 14.2. The molecule has 2 N–H and O–H groups in total. The van der Waals surface area contributed by atoms with E-state index < -0.39 is 5.60 Å². The molecule has 1 saturated heterocycles. The number of carbonyl (C=O) groups excluding carboxylic acids is 2. The first kappa shape index (κ1) is 32.1. The van der Waals surface area contributed by atoms with Crippen LogP contribution in [0.5, 0.6) is 5.75 Å². The van der Waals surface area contributed by atoms with Crippen LogP contribution < -0.4 is 10.5 Å². The van der Waals surface area contributed by atoms with Gasteiger partial charge in [-0.2, -0.15) is 0 Å². The number of amides is 1. The third-order valence-corrected chi connectivity index (χ3v) is 7.74. The molecular weight excluding hydrogens is 570 g/mol. The molecule has 0 unspecified atom stereocenters. The summed E-state index contributed by atoms with van der Waals surface area (Å²) in [6.45, 7) is 11.8. The van der Waals surface area contributed by atoms with Gasteiger partial charge in [-0.15, -0.1) is 0 Å². The monoisotopic (exact) mass is 613 g/mol. The molecule has 0 atom stereocenters. The van der Waals surface area contributed by atoms with E-state index in [-0.39, 0.29) is 25.1 Å². The van der Waals surface area contributed by atoms with E-state index in [1.165, 1.54) is 0 Å². The van der Waals surface area contributed by atoms with Gasteiger partial charge >= 0.3 is 12.1 Å². The van der Waals surface area contributed by atoms with Crippen LogP contribution in [-0.4, -0.2) is 60.2 Å². The van der Waals surface area contributed by atoms with Crippen molar-refractivity contribution in [3.63, 3.8) is 0 Å². The van der Waals surface area contributed by atoms with Crippen molar-refractivity contribution < 1.29 is 28.2 Å². The van der Waals surface area contributed by atoms with E-state index >= 15 is 0 Å². The summed E-state index contributed by atoms with van der Waals surface area (Å²) in [5.74, 6) is 0.345. The highest BCUT2D eigenvalue weighted by atomic mass is 16.6. The number of hydrogen-bond donors (Lipinski definition) is 1. The van der Waals surface area contributed by atoms with Gasteiger partial charge in [0.15, 0.2) is 0 Å². The number of ether oxygens (including phenoxy) is 3. The number of benzene rings is 3. The Kier molecular flexibility index (Phi) is 10.1. The first-order chi connectivity index (χ1) is 21.6. The normalized spacial score (nSPS) is 14.0. The molecule has 1 fully saturated rings. The first-order valence-corrected chi connectivity index (χ1v) is 15.5. The summed E-state index contributed by atoms with van der Waals surface area (Å²) in [6, 6.07) is 20.1. The summed E-state index contributed by atoms with van der Waals surface area (Å²) in [5.41, 5.74) is 12.2. The number of nitrogens with zero attached hydrogens (tertiary/aromatic N) is 2. The van der Waals surface area contributed by atoms with Gasteiger partial charge < -0.3 is 29.3 Å². The Morgan fingerprint density at radius 2 is 1.69 bits per heavy atom. The van der Waals surface area contributed by atoms with Crippen molar-refractivity contribution in [2.75, 3.05) is 32.8 Å². The zero-order valence-corrected chi connectivity index (χ0v) is 26.6. The predicted octanol–water partition coefficient (Wildman–Crippen LogP) is 6.30. The van der Waals surface area contributed by atoms with Gasteiger partial charge in [-0.25, -0.2) is 4.79 Å². The molecule has 3 aromatic carbocycles. The van der Waals surface area contributed by atoms with E-state index in [1.54, 1.807) is 18.1 Å². The van der Waals surface area contributed by atoms with E-state index in [2.05, 4.69) is 29.2 Å². The predicted molar refractivity (Wildman–Crippen MR) is 174 cm³/mol. The summed E-state index contributed by atoms with van der Waals surface area (Å²) in [7, 11) is 0. The molecule has 1 amide bonds. The smallest absolute Gasteiger partial charge is 0.410 e. The molecule has 2 heterocycles. The quantitative estimate of drug-likeness (QED) is 0.208. The Morgan fingerprint density at radius 1 is 0.911 bits per heavy atom. The van der Waals surface area contributed by atoms with Crippen LogP contribution in [0.25, 0.3) is 22.1 Å². The number of nitrogens with two attached hydrogens (primary N) is 1. The molecule has 1 aromatic heterocycles.